The first-order valence-electron chi connectivity index (χ1n) is 10.4. The van der Waals surface area contributed by atoms with Crippen LogP contribution in [0.2, 0.25) is 5.02 Å². The molecule has 0 aromatic heterocycles. The predicted octanol–water partition coefficient (Wildman–Crippen LogP) is 5.44. The normalized spacial score (nSPS) is 15.5. The molecule has 6 nitrogen and oxygen atoms in total. The van der Waals surface area contributed by atoms with E-state index in [1.165, 1.54) is 0 Å². The Morgan fingerprint density at radius 1 is 1.00 bits per heavy atom. The highest BCUT2D eigenvalue weighted by Crippen LogP contribution is 2.35. The maximum atomic E-state index is 13.3. The molecule has 0 bridgehead atoms. The van der Waals surface area contributed by atoms with Gasteiger partial charge in [-0.2, -0.15) is 0 Å². The number of nitrogens with one attached hydrogen (secondary N) is 2. The monoisotopic (exact) mass is 462 g/mol. The van der Waals surface area contributed by atoms with Crippen molar-refractivity contribution in [2.75, 3.05) is 7.11 Å². The van der Waals surface area contributed by atoms with Crippen molar-refractivity contribution in [1.29, 1.82) is 0 Å². The third-order valence-electron chi connectivity index (χ3n) is 5.38. The minimum absolute atomic E-state index is 0.204. The average Bonchev–Trinajstić information content (AvgIpc) is 2.83. The van der Waals surface area contributed by atoms with Crippen LogP contribution in [0.25, 0.3) is 0 Å². The molecule has 4 rings (SSSR count). The number of rotatable bonds is 7. The number of methoxy groups -OCH3 is 1. The summed E-state index contributed by atoms with van der Waals surface area (Å²) in [5.41, 5.74) is 3.14. The van der Waals surface area contributed by atoms with E-state index in [9.17, 15) is 9.59 Å². The highest BCUT2D eigenvalue weighted by atomic mass is 35.5. The molecule has 0 saturated heterocycles. The van der Waals surface area contributed by atoms with Crippen LogP contribution in [-0.2, 0) is 6.61 Å². The van der Waals surface area contributed by atoms with E-state index in [-0.39, 0.29) is 11.8 Å². The molecular weight excluding hydrogens is 440 g/mol. The van der Waals surface area contributed by atoms with Crippen LogP contribution in [0.1, 0.15) is 34.5 Å². The third-order valence-corrected chi connectivity index (χ3v) is 5.63. The number of Topliss-reactive ketones (excluding diaryl/α,β-unsaturated/α-hetero) is 1. The lowest BCUT2D eigenvalue weighted by Gasteiger charge is -2.29. The Labute approximate surface area is 197 Å². The lowest BCUT2D eigenvalue weighted by molar-refractivity contribution is 0.102. The van der Waals surface area contributed by atoms with E-state index < -0.39 is 6.04 Å². The number of carbonyl (C=O) groups excluding carboxylic acids is 2. The largest absolute Gasteiger partial charge is 0.493 e. The lowest BCUT2D eigenvalue weighted by Crippen LogP contribution is -2.45. The van der Waals surface area contributed by atoms with E-state index in [4.69, 9.17) is 21.1 Å². The topological polar surface area (TPSA) is 76.7 Å². The van der Waals surface area contributed by atoms with Gasteiger partial charge in [0.2, 0.25) is 0 Å². The lowest BCUT2D eigenvalue weighted by atomic mass is 9.89. The zero-order chi connectivity index (χ0) is 23.4. The Morgan fingerprint density at radius 2 is 1.73 bits per heavy atom. The number of allylic oxidation sites excluding steroid dienone is 1. The van der Waals surface area contributed by atoms with Crippen LogP contribution in [-0.4, -0.2) is 18.9 Å². The second kappa shape index (κ2) is 9.79. The number of benzene rings is 3. The number of ketones is 1. The molecule has 2 amide bonds. The van der Waals surface area contributed by atoms with Crippen LogP contribution in [0.15, 0.2) is 84.1 Å². The van der Waals surface area contributed by atoms with Gasteiger partial charge in [-0.1, -0.05) is 48.0 Å². The van der Waals surface area contributed by atoms with Crippen LogP contribution >= 0.6 is 11.6 Å². The SMILES string of the molecule is COc1cc(C2NC(=O)NC(C)=C2C(=O)c2ccc(Cl)cc2)ccc1OCc1ccccc1. The summed E-state index contributed by atoms with van der Waals surface area (Å²) in [7, 11) is 1.55. The standard InChI is InChI=1S/C26H23ClN2O4/c1-16-23(25(30)18-8-11-20(27)12-9-18)24(29-26(31)28-16)19-10-13-21(22(14-19)32-2)33-15-17-6-4-3-5-7-17/h3-14,24H,15H2,1-2H3,(H2,28,29,31). The third kappa shape index (κ3) is 5.02. The molecule has 3 aromatic rings. The Balaban J connectivity index is 1.65. The molecule has 7 heteroatoms. The first-order valence-corrected chi connectivity index (χ1v) is 10.8. The fourth-order valence-electron chi connectivity index (χ4n) is 3.72. The van der Waals surface area contributed by atoms with Crippen molar-refractivity contribution >= 4 is 23.4 Å². The molecule has 0 fully saturated rings. The molecule has 1 unspecified atom stereocenters. The van der Waals surface area contributed by atoms with Crippen molar-refractivity contribution in [3.63, 3.8) is 0 Å². The molecule has 0 radical (unpaired) electrons. The van der Waals surface area contributed by atoms with Crippen molar-refractivity contribution < 1.29 is 19.1 Å². The molecule has 168 valence electrons. The first-order chi connectivity index (χ1) is 16.0. The van der Waals surface area contributed by atoms with E-state index in [0.717, 1.165) is 5.56 Å². The zero-order valence-electron chi connectivity index (χ0n) is 18.2. The Hall–Kier alpha value is -3.77. The van der Waals surface area contributed by atoms with Gasteiger partial charge >= 0.3 is 6.03 Å². The average molecular weight is 463 g/mol. The van der Waals surface area contributed by atoms with Gasteiger partial charge in [0.1, 0.15) is 6.61 Å². The van der Waals surface area contributed by atoms with Gasteiger partial charge < -0.3 is 20.1 Å². The molecule has 0 aliphatic carbocycles. The molecule has 1 atom stereocenters. The molecule has 1 heterocycles. The highest BCUT2D eigenvalue weighted by Gasteiger charge is 2.32. The van der Waals surface area contributed by atoms with Gasteiger partial charge in [-0.3, -0.25) is 4.79 Å². The fourth-order valence-corrected chi connectivity index (χ4v) is 3.85. The van der Waals surface area contributed by atoms with Crippen molar-refractivity contribution in [3.8, 4) is 11.5 Å². The van der Waals surface area contributed by atoms with Gasteiger partial charge in [0, 0.05) is 21.9 Å². The smallest absolute Gasteiger partial charge is 0.319 e. The summed E-state index contributed by atoms with van der Waals surface area (Å²) in [5.74, 6) is 0.869. The summed E-state index contributed by atoms with van der Waals surface area (Å²) in [6, 6.07) is 20.8. The highest BCUT2D eigenvalue weighted by molar-refractivity contribution is 6.30. The van der Waals surface area contributed by atoms with Gasteiger partial charge in [0.15, 0.2) is 17.3 Å². The van der Waals surface area contributed by atoms with E-state index in [1.54, 1.807) is 50.4 Å². The van der Waals surface area contributed by atoms with Crippen LogP contribution in [0.4, 0.5) is 4.79 Å². The number of urea groups is 1. The summed E-state index contributed by atoms with van der Waals surface area (Å²) in [6.45, 7) is 2.10. The minimum atomic E-state index is -0.654. The predicted molar refractivity (Wildman–Crippen MR) is 127 cm³/mol. The van der Waals surface area contributed by atoms with Crippen molar-refractivity contribution in [1.82, 2.24) is 10.6 Å². The number of ether oxygens (including phenoxy) is 2. The first kappa shape index (κ1) is 22.4. The van der Waals surface area contributed by atoms with E-state index >= 15 is 0 Å². The van der Waals surface area contributed by atoms with Crippen LogP contribution in [0.3, 0.4) is 0 Å². The van der Waals surface area contributed by atoms with Gasteiger partial charge in [-0.15, -0.1) is 0 Å². The molecule has 0 saturated carbocycles. The Bertz CT molecular complexity index is 1210. The maximum Gasteiger partial charge on any atom is 0.319 e. The fraction of sp³-hybridized carbons (Fsp3) is 0.154. The Kier molecular flexibility index (Phi) is 6.66. The van der Waals surface area contributed by atoms with Crippen LogP contribution in [0.5, 0.6) is 11.5 Å². The quantitative estimate of drug-likeness (QED) is 0.458. The molecule has 0 spiro atoms. The molecule has 3 aromatic carbocycles. The molecule has 33 heavy (non-hydrogen) atoms. The van der Waals surface area contributed by atoms with E-state index in [0.29, 0.717) is 45.5 Å². The van der Waals surface area contributed by atoms with Crippen molar-refractivity contribution in [3.05, 3.63) is 106 Å². The van der Waals surface area contributed by atoms with E-state index in [2.05, 4.69) is 10.6 Å². The van der Waals surface area contributed by atoms with Gasteiger partial charge in [-0.05, 0) is 54.4 Å². The maximum absolute atomic E-state index is 13.3. The number of amides is 2. The van der Waals surface area contributed by atoms with Crippen molar-refractivity contribution in [2.24, 2.45) is 0 Å². The molecular formula is C26H23ClN2O4. The Morgan fingerprint density at radius 3 is 2.42 bits per heavy atom. The number of hydrogen-bond acceptors (Lipinski definition) is 4. The molecule has 2 N–H and O–H groups in total. The summed E-state index contributed by atoms with van der Waals surface area (Å²) >= 11 is 5.97. The zero-order valence-corrected chi connectivity index (χ0v) is 19.0. The summed E-state index contributed by atoms with van der Waals surface area (Å²) in [5, 5.41) is 6.09. The van der Waals surface area contributed by atoms with E-state index in [1.807, 2.05) is 36.4 Å². The number of hydrogen-bond donors (Lipinski definition) is 2. The van der Waals surface area contributed by atoms with Gasteiger partial charge in [0.25, 0.3) is 0 Å². The summed E-state index contributed by atoms with van der Waals surface area (Å²) in [4.78, 5) is 25.6. The van der Waals surface area contributed by atoms with Crippen molar-refractivity contribution in [2.45, 2.75) is 19.6 Å². The molecule has 1 aliphatic rings. The summed E-state index contributed by atoms with van der Waals surface area (Å²) in [6.07, 6.45) is 0. The van der Waals surface area contributed by atoms with Crippen LogP contribution in [0, 0.1) is 0 Å². The molecule has 1 aliphatic heterocycles. The minimum Gasteiger partial charge on any atom is -0.493 e. The van der Waals surface area contributed by atoms with Gasteiger partial charge in [-0.25, -0.2) is 4.79 Å². The number of carbonyl (C=O) groups is 2. The second-order valence-electron chi connectivity index (χ2n) is 7.59. The second-order valence-corrected chi connectivity index (χ2v) is 8.03. The summed E-state index contributed by atoms with van der Waals surface area (Å²) < 4.78 is 11.5. The van der Waals surface area contributed by atoms with Crippen LogP contribution < -0.4 is 20.1 Å². The van der Waals surface area contributed by atoms with Gasteiger partial charge in [0.05, 0.1) is 13.2 Å². The number of halogens is 1.